The molecule has 3 nitrogen and oxygen atoms in total. The highest BCUT2D eigenvalue weighted by Gasteiger charge is 2.27. The fraction of sp³-hybridized carbons (Fsp3) is 0.278. The number of carbonyl (C=O) groups is 1. The van der Waals surface area contributed by atoms with Gasteiger partial charge in [-0.1, -0.05) is 17.7 Å². The minimum absolute atomic E-state index is 0.184. The first-order valence-corrected chi connectivity index (χ1v) is 7.70. The first-order valence-electron chi connectivity index (χ1n) is 7.32. The first-order chi connectivity index (χ1) is 10.6. The van der Waals surface area contributed by atoms with Crippen molar-refractivity contribution in [1.82, 2.24) is 0 Å². The van der Waals surface area contributed by atoms with Crippen molar-refractivity contribution in [3.8, 4) is 5.75 Å². The number of benzene rings is 1. The van der Waals surface area contributed by atoms with Crippen LogP contribution < -0.4 is 4.74 Å². The van der Waals surface area contributed by atoms with Gasteiger partial charge in [-0.25, -0.2) is 0 Å². The summed E-state index contributed by atoms with van der Waals surface area (Å²) >= 11 is 6.06. The van der Waals surface area contributed by atoms with Crippen LogP contribution in [0.4, 0.5) is 0 Å². The SMILES string of the molecule is Cc1c(Cl)cccc1OCc1ccc(C=CC(=O)C2CC2)o1. The van der Waals surface area contributed by atoms with Gasteiger partial charge in [0.15, 0.2) is 5.78 Å². The fourth-order valence-electron chi connectivity index (χ4n) is 2.12. The molecule has 0 N–H and O–H groups in total. The molecule has 0 amide bonds. The standard InChI is InChI=1S/C18H17ClO3/c1-12-16(19)3-2-4-18(12)21-11-15-8-7-14(22-15)9-10-17(20)13-5-6-13/h2-4,7-10,13H,5-6,11H2,1H3. The van der Waals surface area contributed by atoms with E-state index in [0.29, 0.717) is 23.2 Å². The highest BCUT2D eigenvalue weighted by atomic mass is 35.5. The Bertz CT molecular complexity index is 711. The average Bonchev–Trinajstić information content (AvgIpc) is 3.27. The second-order valence-electron chi connectivity index (χ2n) is 5.47. The lowest BCUT2D eigenvalue weighted by molar-refractivity contribution is -0.115. The highest BCUT2D eigenvalue weighted by molar-refractivity contribution is 6.31. The Kier molecular flexibility index (Phi) is 4.34. The molecule has 22 heavy (non-hydrogen) atoms. The molecular formula is C18H17ClO3. The second-order valence-corrected chi connectivity index (χ2v) is 5.87. The third-order valence-electron chi connectivity index (χ3n) is 3.66. The van der Waals surface area contributed by atoms with Crippen LogP contribution in [0.1, 0.15) is 29.9 Å². The molecule has 1 fully saturated rings. The van der Waals surface area contributed by atoms with Gasteiger partial charge in [0.2, 0.25) is 0 Å². The van der Waals surface area contributed by atoms with Gasteiger partial charge < -0.3 is 9.15 Å². The number of furan rings is 1. The quantitative estimate of drug-likeness (QED) is 0.718. The number of hydrogen-bond acceptors (Lipinski definition) is 3. The van der Waals surface area contributed by atoms with Gasteiger partial charge in [0.05, 0.1) is 0 Å². The molecule has 1 heterocycles. The molecule has 2 aromatic rings. The van der Waals surface area contributed by atoms with Gasteiger partial charge in [-0.15, -0.1) is 0 Å². The van der Waals surface area contributed by atoms with Crippen molar-refractivity contribution >= 4 is 23.5 Å². The van der Waals surface area contributed by atoms with E-state index >= 15 is 0 Å². The van der Waals surface area contributed by atoms with Crippen molar-refractivity contribution in [2.75, 3.05) is 0 Å². The number of ketones is 1. The van der Waals surface area contributed by atoms with Crippen LogP contribution in [0.5, 0.6) is 5.75 Å². The Morgan fingerprint density at radius 1 is 1.36 bits per heavy atom. The number of ether oxygens (including phenoxy) is 1. The Hall–Kier alpha value is -2.00. The van der Waals surface area contributed by atoms with Crippen LogP contribution in [0, 0.1) is 12.8 Å². The highest BCUT2D eigenvalue weighted by Crippen LogP contribution is 2.30. The van der Waals surface area contributed by atoms with E-state index in [1.54, 1.807) is 12.2 Å². The zero-order valence-electron chi connectivity index (χ0n) is 12.3. The Morgan fingerprint density at radius 2 is 2.18 bits per heavy atom. The largest absolute Gasteiger partial charge is 0.485 e. The van der Waals surface area contributed by atoms with Crippen molar-refractivity contribution in [3.05, 3.63) is 58.5 Å². The third-order valence-corrected chi connectivity index (χ3v) is 4.07. The van der Waals surface area contributed by atoms with Crippen LogP contribution in [0.15, 0.2) is 40.8 Å². The van der Waals surface area contributed by atoms with Gasteiger partial charge in [0.25, 0.3) is 0 Å². The minimum Gasteiger partial charge on any atom is -0.485 e. The zero-order valence-corrected chi connectivity index (χ0v) is 13.1. The normalized spacial score (nSPS) is 14.5. The molecule has 4 heteroatoms. The predicted octanol–water partition coefficient (Wildman–Crippen LogP) is 4.81. The molecule has 1 aromatic carbocycles. The van der Waals surface area contributed by atoms with Crippen molar-refractivity contribution in [2.24, 2.45) is 5.92 Å². The lowest BCUT2D eigenvalue weighted by atomic mass is 10.2. The lowest BCUT2D eigenvalue weighted by Crippen LogP contribution is -1.95. The van der Waals surface area contributed by atoms with E-state index in [1.807, 2.05) is 37.3 Å². The van der Waals surface area contributed by atoms with E-state index in [4.69, 9.17) is 20.8 Å². The van der Waals surface area contributed by atoms with E-state index in [-0.39, 0.29) is 11.7 Å². The molecule has 114 valence electrons. The van der Waals surface area contributed by atoms with Gasteiger partial charge in [-0.3, -0.25) is 4.79 Å². The second kappa shape index (κ2) is 6.41. The first kappa shape index (κ1) is 14.9. The summed E-state index contributed by atoms with van der Waals surface area (Å²) in [6.45, 7) is 2.24. The molecule has 3 rings (SSSR count). The third kappa shape index (κ3) is 3.60. The van der Waals surface area contributed by atoms with Crippen LogP contribution in [0.2, 0.25) is 5.02 Å². The van der Waals surface area contributed by atoms with Crippen molar-refractivity contribution < 1.29 is 13.9 Å². The summed E-state index contributed by atoms with van der Waals surface area (Å²) in [6, 6.07) is 9.24. The number of rotatable bonds is 6. The lowest BCUT2D eigenvalue weighted by Gasteiger charge is -2.08. The average molecular weight is 317 g/mol. The number of halogens is 1. The molecule has 0 bridgehead atoms. The predicted molar refractivity (Wildman–Crippen MR) is 86.0 cm³/mol. The smallest absolute Gasteiger partial charge is 0.158 e. The summed E-state index contributed by atoms with van der Waals surface area (Å²) in [4.78, 5) is 11.6. The summed E-state index contributed by atoms with van der Waals surface area (Å²) in [5.74, 6) is 2.53. The van der Waals surface area contributed by atoms with Crippen LogP contribution in [0.25, 0.3) is 6.08 Å². The monoisotopic (exact) mass is 316 g/mol. The number of carbonyl (C=O) groups excluding carboxylic acids is 1. The van der Waals surface area contributed by atoms with Crippen molar-refractivity contribution in [3.63, 3.8) is 0 Å². The Labute approximate surface area is 134 Å². The van der Waals surface area contributed by atoms with Crippen LogP contribution in [0.3, 0.4) is 0 Å². The summed E-state index contributed by atoms with van der Waals surface area (Å²) in [7, 11) is 0. The van der Waals surface area contributed by atoms with Crippen molar-refractivity contribution in [2.45, 2.75) is 26.4 Å². The Morgan fingerprint density at radius 3 is 2.95 bits per heavy atom. The van der Waals surface area contributed by atoms with E-state index in [0.717, 1.165) is 24.2 Å². The fourth-order valence-corrected chi connectivity index (χ4v) is 2.29. The van der Waals surface area contributed by atoms with Crippen LogP contribution in [-0.4, -0.2) is 5.78 Å². The molecule has 0 radical (unpaired) electrons. The summed E-state index contributed by atoms with van der Waals surface area (Å²) < 4.78 is 11.4. The molecule has 0 unspecified atom stereocenters. The Balaban J connectivity index is 1.59. The van der Waals surface area contributed by atoms with Gasteiger partial charge in [-0.2, -0.15) is 0 Å². The minimum atomic E-state index is 0.184. The zero-order chi connectivity index (χ0) is 15.5. The number of hydrogen-bond donors (Lipinski definition) is 0. The van der Waals surface area contributed by atoms with Gasteiger partial charge in [0.1, 0.15) is 23.9 Å². The number of allylic oxidation sites excluding steroid dienone is 1. The summed E-state index contributed by atoms with van der Waals surface area (Å²) in [5, 5.41) is 0.680. The molecule has 0 spiro atoms. The molecule has 0 saturated heterocycles. The maximum absolute atomic E-state index is 11.6. The van der Waals surface area contributed by atoms with Gasteiger partial charge >= 0.3 is 0 Å². The van der Waals surface area contributed by atoms with E-state index < -0.39 is 0 Å². The van der Waals surface area contributed by atoms with E-state index in [9.17, 15) is 4.79 Å². The molecular weight excluding hydrogens is 300 g/mol. The topological polar surface area (TPSA) is 39.4 Å². The van der Waals surface area contributed by atoms with E-state index in [1.165, 1.54) is 0 Å². The summed E-state index contributed by atoms with van der Waals surface area (Å²) in [5.41, 5.74) is 0.908. The van der Waals surface area contributed by atoms with Crippen LogP contribution in [-0.2, 0) is 11.4 Å². The molecule has 1 saturated carbocycles. The maximum atomic E-state index is 11.6. The molecule has 1 aliphatic carbocycles. The van der Waals surface area contributed by atoms with Gasteiger partial charge in [-0.05, 0) is 56.2 Å². The molecule has 0 aliphatic heterocycles. The van der Waals surface area contributed by atoms with Crippen LogP contribution >= 0.6 is 11.6 Å². The van der Waals surface area contributed by atoms with Gasteiger partial charge in [0, 0.05) is 16.5 Å². The van der Waals surface area contributed by atoms with Crippen molar-refractivity contribution in [1.29, 1.82) is 0 Å². The maximum Gasteiger partial charge on any atom is 0.158 e. The molecule has 1 aliphatic rings. The molecule has 1 aromatic heterocycles. The summed E-state index contributed by atoms with van der Waals surface area (Å²) in [6.07, 6.45) is 5.34. The van der Waals surface area contributed by atoms with E-state index in [2.05, 4.69) is 0 Å². The molecule has 0 atom stereocenters.